The Hall–Kier alpha value is -2.55. The van der Waals surface area contributed by atoms with Gasteiger partial charge in [0.15, 0.2) is 0 Å². The third-order valence-electron chi connectivity index (χ3n) is 2.35. The van der Waals surface area contributed by atoms with E-state index in [2.05, 4.69) is 9.97 Å². The first-order valence-electron chi connectivity index (χ1n) is 5.05. The largest absolute Gasteiger partial charge is 0.382 e. The van der Waals surface area contributed by atoms with Crippen molar-refractivity contribution >= 4 is 5.82 Å². The number of hydrogen-bond donors (Lipinski definition) is 1. The van der Waals surface area contributed by atoms with Crippen molar-refractivity contribution in [3.63, 3.8) is 0 Å². The molecule has 0 atom stereocenters. The van der Waals surface area contributed by atoms with Gasteiger partial charge >= 0.3 is 0 Å². The molecular formula is C12H8F2N4. The average Bonchev–Trinajstić information content (AvgIpc) is 2.33. The van der Waals surface area contributed by atoms with Gasteiger partial charge in [-0.3, -0.25) is 0 Å². The van der Waals surface area contributed by atoms with Gasteiger partial charge < -0.3 is 5.73 Å². The summed E-state index contributed by atoms with van der Waals surface area (Å²) in [4.78, 5) is 7.78. The molecule has 0 amide bonds. The van der Waals surface area contributed by atoms with Gasteiger partial charge in [-0.1, -0.05) is 6.07 Å². The van der Waals surface area contributed by atoms with E-state index >= 15 is 0 Å². The van der Waals surface area contributed by atoms with E-state index in [9.17, 15) is 8.78 Å². The van der Waals surface area contributed by atoms with Crippen molar-refractivity contribution in [2.75, 3.05) is 5.73 Å². The number of rotatable bonds is 2. The summed E-state index contributed by atoms with van der Waals surface area (Å²) in [6, 6.07) is 5.11. The Kier molecular flexibility index (Phi) is 3.15. The van der Waals surface area contributed by atoms with Gasteiger partial charge in [0, 0.05) is 12.5 Å². The summed E-state index contributed by atoms with van der Waals surface area (Å²) in [6.07, 6.45) is 1.36. The highest BCUT2D eigenvalue weighted by Gasteiger charge is 2.08. The lowest BCUT2D eigenvalue weighted by atomic mass is 10.1. The zero-order valence-corrected chi connectivity index (χ0v) is 9.19. The quantitative estimate of drug-likeness (QED) is 0.876. The molecular weight excluding hydrogens is 238 g/mol. The van der Waals surface area contributed by atoms with Crippen LogP contribution in [0.2, 0.25) is 0 Å². The number of nitriles is 1. The van der Waals surface area contributed by atoms with Crippen molar-refractivity contribution in [2.45, 2.75) is 6.42 Å². The first-order chi connectivity index (χ1) is 8.60. The lowest BCUT2D eigenvalue weighted by Gasteiger charge is -2.04. The lowest BCUT2D eigenvalue weighted by molar-refractivity contribution is 0.573. The molecule has 0 aliphatic rings. The number of nitrogen functional groups attached to an aromatic ring is 1. The van der Waals surface area contributed by atoms with Crippen LogP contribution in [0.25, 0.3) is 0 Å². The smallest absolute Gasteiger partial charge is 0.145 e. The van der Waals surface area contributed by atoms with Crippen LogP contribution in [0.1, 0.15) is 17.0 Å². The molecule has 1 heterocycles. The summed E-state index contributed by atoms with van der Waals surface area (Å²) in [6.45, 7) is 0. The van der Waals surface area contributed by atoms with E-state index in [1.54, 1.807) is 0 Å². The normalized spacial score (nSPS) is 10.1. The van der Waals surface area contributed by atoms with Crippen LogP contribution in [0.5, 0.6) is 0 Å². The second-order valence-electron chi connectivity index (χ2n) is 3.61. The zero-order chi connectivity index (χ0) is 13.1. The number of hydrogen-bond acceptors (Lipinski definition) is 4. The van der Waals surface area contributed by atoms with Gasteiger partial charge in [0.05, 0.1) is 6.20 Å². The second kappa shape index (κ2) is 4.75. The van der Waals surface area contributed by atoms with Crippen LogP contribution in [-0.2, 0) is 6.42 Å². The molecule has 6 heteroatoms. The van der Waals surface area contributed by atoms with E-state index in [0.29, 0.717) is 0 Å². The van der Waals surface area contributed by atoms with Crippen molar-refractivity contribution in [1.82, 2.24) is 9.97 Å². The fraction of sp³-hybridized carbons (Fsp3) is 0.0833. The van der Waals surface area contributed by atoms with E-state index in [1.165, 1.54) is 12.3 Å². The Labute approximate surface area is 102 Å². The summed E-state index contributed by atoms with van der Waals surface area (Å²) in [5.74, 6) is -0.986. The maximum Gasteiger partial charge on any atom is 0.145 e. The van der Waals surface area contributed by atoms with E-state index in [1.807, 2.05) is 6.07 Å². The fourth-order valence-corrected chi connectivity index (χ4v) is 1.44. The average molecular weight is 246 g/mol. The Balaban J connectivity index is 2.29. The van der Waals surface area contributed by atoms with Crippen LogP contribution in [0.4, 0.5) is 14.6 Å². The first-order valence-corrected chi connectivity index (χ1v) is 5.05. The third kappa shape index (κ3) is 2.40. The minimum atomic E-state index is -0.665. The molecule has 0 bridgehead atoms. The van der Waals surface area contributed by atoms with Gasteiger partial charge in [-0.2, -0.15) is 5.26 Å². The molecule has 0 saturated heterocycles. The summed E-state index contributed by atoms with van der Waals surface area (Å²) in [5.41, 5.74) is 5.95. The number of nitrogens with two attached hydrogens (primary N) is 1. The molecule has 0 saturated carbocycles. The summed E-state index contributed by atoms with van der Waals surface area (Å²) < 4.78 is 26.1. The van der Waals surface area contributed by atoms with E-state index < -0.39 is 11.6 Å². The molecule has 4 nitrogen and oxygen atoms in total. The number of anilines is 1. The molecule has 2 aromatic rings. The molecule has 0 spiro atoms. The Bertz CT molecular complexity index is 634. The second-order valence-corrected chi connectivity index (χ2v) is 3.61. The maximum absolute atomic E-state index is 13.4. The highest BCUT2D eigenvalue weighted by Crippen LogP contribution is 2.14. The van der Waals surface area contributed by atoms with Gasteiger partial charge in [-0.15, -0.1) is 0 Å². The van der Waals surface area contributed by atoms with Crippen molar-refractivity contribution in [3.05, 3.63) is 53.0 Å². The number of halogens is 2. The maximum atomic E-state index is 13.4. The van der Waals surface area contributed by atoms with Gasteiger partial charge in [0.2, 0.25) is 0 Å². The number of benzene rings is 1. The molecule has 0 fully saturated rings. The third-order valence-corrected chi connectivity index (χ3v) is 2.35. The minimum Gasteiger partial charge on any atom is -0.382 e. The molecule has 90 valence electrons. The standard InChI is InChI=1S/C12H8F2N4/c13-9-2-1-7(10(14)4-9)3-11-17-6-8(5-15)12(16)18-11/h1-2,4,6H,3H2,(H2,16,17,18). The highest BCUT2D eigenvalue weighted by molar-refractivity contribution is 5.46. The van der Waals surface area contributed by atoms with Crippen LogP contribution in [0.15, 0.2) is 24.4 Å². The zero-order valence-electron chi connectivity index (χ0n) is 9.19. The van der Waals surface area contributed by atoms with Crippen molar-refractivity contribution in [3.8, 4) is 6.07 Å². The van der Waals surface area contributed by atoms with E-state index in [-0.39, 0.29) is 29.2 Å². The molecule has 0 radical (unpaired) electrons. The SMILES string of the molecule is N#Cc1cnc(Cc2ccc(F)cc2F)nc1N. The molecule has 1 aromatic carbocycles. The Morgan fingerprint density at radius 2 is 2.11 bits per heavy atom. The van der Waals surface area contributed by atoms with Crippen molar-refractivity contribution in [1.29, 1.82) is 5.26 Å². The number of nitrogens with zero attached hydrogens (tertiary/aromatic N) is 3. The number of aromatic nitrogens is 2. The minimum absolute atomic E-state index is 0.0463. The lowest BCUT2D eigenvalue weighted by Crippen LogP contribution is -2.04. The summed E-state index contributed by atoms with van der Waals surface area (Å²) in [7, 11) is 0. The van der Waals surface area contributed by atoms with Crippen LogP contribution in [-0.4, -0.2) is 9.97 Å². The fourth-order valence-electron chi connectivity index (χ4n) is 1.44. The highest BCUT2D eigenvalue weighted by atomic mass is 19.1. The van der Waals surface area contributed by atoms with Gasteiger partial charge in [-0.05, 0) is 11.6 Å². The van der Waals surface area contributed by atoms with Gasteiger partial charge in [0.25, 0.3) is 0 Å². The van der Waals surface area contributed by atoms with E-state index in [0.717, 1.165) is 12.1 Å². The molecule has 0 unspecified atom stereocenters. The predicted octanol–water partition coefficient (Wildman–Crippen LogP) is 1.80. The molecule has 2 N–H and O–H groups in total. The van der Waals surface area contributed by atoms with Crippen molar-refractivity contribution in [2.24, 2.45) is 0 Å². The molecule has 1 aromatic heterocycles. The first kappa shape index (κ1) is 11.9. The topological polar surface area (TPSA) is 75.6 Å². The molecule has 2 rings (SSSR count). The Morgan fingerprint density at radius 3 is 2.72 bits per heavy atom. The monoisotopic (exact) mass is 246 g/mol. The van der Waals surface area contributed by atoms with Crippen LogP contribution >= 0.6 is 0 Å². The summed E-state index contributed by atoms with van der Waals surface area (Å²) >= 11 is 0. The van der Waals surface area contributed by atoms with Gasteiger partial charge in [-0.25, -0.2) is 18.7 Å². The predicted molar refractivity (Wildman–Crippen MR) is 60.3 cm³/mol. The van der Waals surface area contributed by atoms with Crippen LogP contribution < -0.4 is 5.73 Å². The van der Waals surface area contributed by atoms with Crippen LogP contribution in [0, 0.1) is 23.0 Å². The molecule has 0 aliphatic heterocycles. The Morgan fingerprint density at radius 1 is 1.33 bits per heavy atom. The van der Waals surface area contributed by atoms with Gasteiger partial charge in [0.1, 0.15) is 34.9 Å². The summed E-state index contributed by atoms with van der Waals surface area (Å²) in [5, 5.41) is 8.66. The molecule has 18 heavy (non-hydrogen) atoms. The molecule has 0 aliphatic carbocycles. The van der Waals surface area contributed by atoms with E-state index in [4.69, 9.17) is 11.0 Å². The van der Waals surface area contributed by atoms with Crippen LogP contribution in [0.3, 0.4) is 0 Å². The van der Waals surface area contributed by atoms with Crippen molar-refractivity contribution < 1.29 is 8.78 Å².